The van der Waals surface area contributed by atoms with Crippen molar-refractivity contribution in [3.05, 3.63) is 60.2 Å². The van der Waals surface area contributed by atoms with Gasteiger partial charge in [-0.25, -0.2) is 14.4 Å². The van der Waals surface area contributed by atoms with Crippen molar-refractivity contribution in [1.29, 1.82) is 0 Å². The van der Waals surface area contributed by atoms with Crippen LogP contribution < -0.4 is 0 Å². The minimum atomic E-state index is -0.317. The zero-order chi connectivity index (χ0) is 17.4. The number of hydrogen-bond donors (Lipinski definition) is 0. The van der Waals surface area contributed by atoms with Crippen LogP contribution in [-0.4, -0.2) is 24.7 Å². The molecule has 0 atom stereocenters. The van der Waals surface area contributed by atoms with E-state index in [2.05, 4.69) is 26.2 Å². The van der Waals surface area contributed by atoms with Crippen molar-refractivity contribution in [1.82, 2.24) is 24.7 Å². The second kappa shape index (κ2) is 6.25. The van der Waals surface area contributed by atoms with Crippen LogP contribution in [0.1, 0.15) is 5.56 Å². The molecule has 0 bridgehead atoms. The molecule has 0 saturated heterocycles. The van der Waals surface area contributed by atoms with Crippen molar-refractivity contribution >= 4 is 22.7 Å². The van der Waals surface area contributed by atoms with Crippen molar-refractivity contribution in [2.75, 3.05) is 0 Å². The Morgan fingerprint density at radius 2 is 1.92 bits per heavy atom. The Labute approximate surface area is 148 Å². The summed E-state index contributed by atoms with van der Waals surface area (Å²) in [6.45, 7) is 2.04. The minimum Gasteiger partial charge on any atom is -0.305 e. The third kappa shape index (κ3) is 2.98. The van der Waals surface area contributed by atoms with Crippen LogP contribution in [0.25, 0.3) is 22.3 Å². The smallest absolute Gasteiger partial charge is 0.197 e. The molecule has 5 nitrogen and oxygen atoms in total. The van der Waals surface area contributed by atoms with Gasteiger partial charge in [-0.3, -0.25) is 0 Å². The summed E-state index contributed by atoms with van der Waals surface area (Å²) in [4.78, 5) is 8.46. The highest BCUT2D eigenvalue weighted by Gasteiger charge is 2.15. The Balaban J connectivity index is 1.74. The van der Waals surface area contributed by atoms with Gasteiger partial charge in [0.25, 0.3) is 0 Å². The average Bonchev–Trinajstić information content (AvgIpc) is 2.96. The number of aromatic nitrogens is 5. The second-order valence-electron chi connectivity index (χ2n) is 5.68. The molecular formula is C18H14FN5S. The quantitative estimate of drug-likeness (QED) is 0.522. The van der Waals surface area contributed by atoms with Crippen molar-refractivity contribution in [2.24, 2.45) is 7.05 Å². The van der Waals surface area contributed by atoms with Crippen LogP contribution in [0.3, 0.4) is 0 Å². The summed E-state index contributed by atoms with van der Waals surface area (Å²) in [6.07, 6.45) is 1.47. The molecule has 0 saturated carbocycles. The zero-order valence-corrected chi connectivity index (χ0v) is 14.5. The Morgan fingerprint density at radius 3 is 2.76 bits per heavy atom. The Morgan fingerprint density at radius 1 is 1.04 bits per heavy atom. The highest BCUT2D eigenvalue weighted by molar-refractivity contribution is 7.99. The van der Waals surface area contributed by atoms with Crippen molar-refractivity contribution in [3.63, 3.8) is 0 Å². The highest BCUT2D eigenvalue weighted by Crippen LogP contribution is 2.31. The van der Waals surface area contributed by atoms with Crippen LogP contribution in [0.15, 0.2) is 59.0 Å². The summed E-state index contributed by atoms with van der Waals surface area (Å²) in [6, 6.07) is 12.6. The molecule has 2 aromatic carbocycles. The molecule has 4 rings (SSSR count). The van der Waals surface area contributed by atoms with E-state index in [0.29, 0.717) is 21.1 Å². The second-order valence-corrected chi connectivity index (χ2v) is 6.63. The maximum absolute atomic E-state index is 13.6. The van der Waals surface area contributed by atoms with E-state index in [4.69, 9.17) is 0 Å². The van der Waals surface area contributed by atoms with Gasteiger partial charge in [0.1, 0.15) is 17.2 Å². The largest absolute Gasteiger partial charge is 0.305 e. The molecule has 0 aliphatic rings. The Hall–Kier alpha value is -2.80. The number of fused-ring (bicyclic) bond motifs is 1. The van der Waals surface area contributed by atoms with E-state index in [9.17, 15) is 4.39 Å². The van der Waals surface area contributed by atoms with E-state index in [1.807, 2.05) is 36.7 Å². The molecule has 0 amide bonds. The van der Waals surface area contributed by atoms with Gasteiger partial charge in [0.2, 0.25) is 0 Å². The molecule has 0 aliphatic carbocycles. The lowest BCUT2D eigenvalue weighted by molar-refractivity contribution is 0.629. The summed E-state index contributed by atoms with van der Waals surface area (Å²) in [5.74, 6) is 0.457. The van der Waals surface area contributed by atoms with E-state index in [1.54, 1.807) is 6.07 Å². The average molecular weight is 351 g/mol. The molecule has 0 radical (unpaired) electrons. The van der Waals surface area contributed by atoms with Gasteiger partial charge in [0.15, 0.2) is 11.0 Å². The summed E-state index contributed by atoms with van der Waals surface area (Å²) in [7, 11) is 1.91. The molecule has 2 aromatic heterocycles. The van der Waals surface area contributed by atoms with Crippen LogP contribution in [0, 0.1) is 12.7 Å². The third-order valence-electron chi connectivity index (χ3n) is 3.86. The van der Waals surface area contributed by atoms with Gasteiger partial charge >= 0.3 is 0 Å². The fourth-order valence-corrected chi connectivity index (χ4v) is 3.46. The van der Waals surface area contributed by atoms with Gasteiger partial charge in [-0.05, 0) is 43.0 Å². The third-order valence-corrected chi connectivity index (χ3v) is 4.92. The van der Waals surface area contributed by atoms with Gasteiger partial charge < -0.3 is 4.57 Å². The molecule has 25 heavy (non-hydrogen) atoms. The minimum absolute atomic E-state index is 0.317. The Kier molecular flexibility index (Phi) is 3.93. The van der Waals surface area contributed by atoms with Crippen LogP contribution in [0.5, 0.6) is 0 Å². The van der Waals surface area contributed by atoms with E-state index in [1.165, 1.54) is 30.2 Å². The maximum atomic E-state index is 13.6. The lowest BCUT2D eigenvalue weighted by atomic mass is 10.1. The SMILES string of the molecule is Cc1cccc(-c2nnc(Sc3ncnc4ccc(F)cc34)n2C)c1. The molecular weight excluding hydrogens is 337 g/mol. The van der Waals surface area contributed by atoms with Gasteiger partial charge in [-0.2, -0.15) is 0 Å². The van der Waals surface area contributed by atoms with Crippen LogP contribution in [0.2, 0.25) is 0 Å². The number of aryl methyl sites for hydroxylation is 1. The maximum Gasteiger partial charge on any atom is 0.197 e. The number of hydrogen-bond acceptors (Lipinski definition) is 5. The van der Waals surface area contributed by atoms with Crippen LogP contribution in [-0.2, 0) is 7.05 Å². The normalized spacial score (nSPS) is 11.2. The van der Waals surface area contributed by atoms with Crippen LogP contribution >= 0.6 is 11.8 Å². The van der Waals surface area contributed by atoms with E-state index < -0.39 is 0 Å². The van der Waals surface area contributed by atoms with E-state index in [0.717, 1.165) is 17.0 Å². The first-order valence-corrected chi connectivity index (χ1v) is 8.48. The predicted molar refractivity (Wildman–Crippen MR) is 94.8 cm³/mol. The highest BCUT2D eigenvalue weighted by atomic mass is 32.2. The Bertz CT molecular complexity index is 1080. The summed E-state index contributed by atoms with van der Waals surface area (Å²) >= 11 is 1.34. The molecule has 0 N–H and O–H groups in total. The molecule has 0 unspecified atom stereocenters. The van der Waals surface area contributed by atoms with Gasteiger partial charge in [0, 0.05) is 18.0 Å². The predicted octanol–water partition coefficient (Wildman–Crippen LogP) is 4.02. The standard InChI is InChI=1S/C18H14FN5S/c1-11-4-3-5-12(8-11)16-22-23-18(24(16)2)25-17-14-9-13(19)6-7-15(14)20-10-21-17/h3-10H,1-2H3. The lowest BCUT2D eigenvalue weighted by Gasteiger charge is -2.06. The first-order chi connectivity index (χ1) is 12.1. The first-order valence-electron chi connectivity index (χ1n) is 7.66. The summed E-state index contributed by atoms with van der Waals surface area (Å²) in [5.41, 5.74) is 2.85. The van der Waals surface area contributed by atoms with Crippen LogP contribution in [0.4, 0.5) is 4.39 Å². The zero-order valence-electron chi connectivity index (χ0n) is 13.6. The van der Waals surface area contributed by atoms with Crippen molar-refractivity contribution in [3.8, 4) is 11.4 Å². The number of halogens is 1. The first kappa shape index (κ1) is 15.7. The summed E-state index contributed by atoms with van der Waals surface area (Å²) in [5, 5.41) is 10.6. The molecule has 0 spiro atoms. The number of rotatable bonds is 3. The van der Waals surface area contributed by atoms with E-state index in [-0.39, 0.29) is 5.82 Å². The van der Waals surface area contributed by atoms with Gasteiger partial charge in [-0.1, -0.05) is 23.8 Å². The molecule has 0 fully saturated rings. The van der Waals surface area contributed by atoms with Gasteiger partial charge in [-0.15, -0.1) is 10.2 Å². The molecule has 124 valence electrons. The fourth-order valence-electron chi connectivity index (χ4n) is 2.61. The molecule has 2 heterocycles. The number of benzene rings is 2. The van der Waals surface area contributed by atoms with Crippen molar-refractivity contribution in [2.45, 2.75) is 17.1 Å². The topological polar surface area (TPSA) is 56.5 Å². The summed E-state index contributed by atoms with van der Waals surface area (Å²) < 4.78 is 15.5. The molecule has 4 aromatic rings. The fraction of sp³-hybridized carbons (Fsp3) is 0.111. The van der Waals surface area contributed by atoms with E-state index >= 15 is 0 Å². The number of nitrogens with zero attached hydrogens (tertiary/aromatic N) is 5. The monoisotopic (exact) mass is 351 g/mol. The molecule has 0 aliphatic heterocycles. The molecule has 7 heteroatoms. The van der Waals surface area contributed by atoms with Gasteiger partial charge in [0.05, 0.1) is 5.52 Å². The van der Waals surface area contributed by atoms with Crippen molar-refractivity contribution < 1.29 is 4.39 Å². The lowest BCUT2D eigenvalue weighted by Crippen LogP contribution is -1.96.